The van der Waals surface area contributed by atoms with E-state index in [4.69, 9.17) is 14.7 Å². The van der Waals surface area contributed by atoms with Crippen LogP contribution in [0.15, 0.2) is 18.2 Å². The van der Waals surface area contributed by atoms with Gasteiger partial charge in [-0.25, -0.2) is 4.39 Å². The van der Waals surface area contributed by atoms with Crippen LogP contribution in [-0.2, 0) is 4.74 Å². The van der Waals surface area contributed by atoms with Gasteiger partial charge in [0.15, 0.2) is 0 Å². The maximum atomic E-state index is 13.3. The molecule has 0 aromatic heterocycles. The van der Waals surface area contributed by atoms with Crippen LogP contribution in [0.1, 0.15) is 5.56 Å². The minimum atomic E-state index is -0.559. The highest BCUT2D eigenvalue weighted by molar-refractivity contribution is 5.36. The molecule has 0 aliphatic carbocycles. The number of hydrogen-bond donors (Lipinski definition) is 0. The lowest BCUT2D eigenvalue weighted by atomic mass is 10.2. The molecule has 0 bridgehead atoms. The van der Waals surface area contributed by atoms with Crippen molar-refractivity contribution in [1.29, 1.82) is 5.26 Å². The SMILES string of the molecule is CN1CCOC(COc2ccc(C#N)c(F)c2)C1. The van der Waals surface area contributed by atoms with Crippen molar-refractivity contribution in [2.75, 3.05) is 33.4 Å². The third kappa shape index (κ3) is 3.19. The molecule has 0 spiro atoms. The minimum absolute atomic E-state index is 0.00227. The molecule has 4 nitrogen and oxygen atoms in total. The van der Waals surface area contributed by atoms with E-state index in [9.17, 15) is 4.39 Å². The number of halogens is 1. The molecular weight excluding hydrogens is 235 g/mol. The summed E-state index contributed by atoms with van der Waals surface area (Å²) < 4.78 is 24.3. The second-order valence-electron chi connectivity index (χ2n) is 4.32. The maximum absolute atomic E-state index is 13.3. The first-order valence-corrected chi connectivity index (χ1v) is 5.81. The second kappa shape index (κ2) is 5.80. The fraction of sp³-hybridized carbons (Fsp3) is 0.462. The van der Waals surface area contributed by atoms with Crippen LogP contribution in [0.2, 0.25) is 0 Å². The molecule has 1 aliphatic rings. The zero-order chi connectivity index (χ0) is 13.0. The predicted octanol–water partition coefficient (Wildman–Crippen LogP) is 1.41. The molecule has 1 heterocycles. The van der Waals surface area contributed by atoms with Crippen LogP contribution in [-0.4, -0.2) is 44.4 Å². The summed E-state index contributed by atoms with van der Waals surface area (Å²) in [6.45, 7) is 2.79. The number of likely N-dealkylation sites (N-methyl/N-ethyl adjacent to an activating group) is 1. The lowest BCUT2D eigenvalue weighted by Gasteiger charge is -2.29. The first-order chi connectivity index (χ1) is 8.69. The van der Waals surface area contributed by atoms with Gasteiger partial charge in [0.1, 0.15) is 30.3 Å². The summed E-state index contributed by atoms with van der Waals surface area (Å²) in [6.07, 6.45) is 0.00227. The van der Waals surface area contributed by atoms with Crippen LogP contribution < -0.4 is 4.74 Å². The van der Waals surface area contributed by atoms with Crippen molar-refractivity contribution >= 4 is 0 Å². The lowest BCUT2D eigenvalue weighted by Crippen LogP contribution is -2.42. The zero-order valence-electron chi connectivity index (χ0n) is 10.2. The highest BCUT2D eigenvalue weighted by Gasteiger charge is 2.18. The Balaban J connectivity index is 1.90. The lowest BCUT2D eigenvalue weighted by molar-refractivity contribution is -0.0403. The predicted molar refractivity (Wildman–Crippen MR) is 63.8 cm³/mol. The van der Waals surface area contributed by atoms with Gasteiger partial charge in [-0.1, -0.05) is 0 Å². The minimum Gasteiger partial charge on any atom is -0.491 e. The summed E-state index contributed by atoms with van der Waals surface area (Å²) >= 11 is 0. The molecule has 1 aromatic rings. The Kier molecular flexibility index (Phi) is 4.13. The molecule has 0 radical (unpaired) electrons. The number of nitrogens with zero attached hydrogens (tertiary/aromatic N) is 2. The summed E-state index contributed by atoms with van der Waals surface area (Å²) in [5.74, 6) is -0.139. The van der Waals surface area contributed by atoms with E-state index >= 15 is 0 Å². The highest BCUT2D eigenvalue weighted by Crippen LogP contribution is 2.16. The van der Waals surface area contributed by atoms with Crippen molar-refractivity contribution in [2.24, 2.45) is 0 Å². The molecule has 1 fully saturated rings. The monoisotopic (exact) mass is 250 g/mol. The van der Waals surface area contributed by atoms with Gasteiger partial charge in [-0.2, -0.15) is 5.26 Å². The summed E-state index contributed by atoms with van der Waals surface area (Å²) in [6, 6.07) is 6.01. The Hall–Kier alpha value is -1.64. The molecule has 96 valence electrons. The van der Waals surface area contributed by atoms with Gasteiger partial charge in [0.05, 0.1) is 12.2 Å². The fourth-order valence-corrected chi connectivity index (χ4v) is 1.83. The number of benzene rings is 1. The molecule has 1 saturated heterocycles. The van der Waals surface area contributed by atoms with Crippen molar-refractivity contribution in [3.63, 3.8) is 0 Å². The first kappa shape index (κ1) is 12.8. The number of morpholine rings is 1. The molecule has 0 N–H and O–H groups in total. The van der Waals surface area contributed by atoms with Gasteiger partial charge in [-0.05, 0) is 19.2 Å². The van der Waals surface area contributed by atoms with Gasteiger partial charge in [0.25, 0.3) is 0 Å². The number of rotatable bonds is 3. The molecule has 1 unspecified atom stereocenters. The van der Waals surface area contributed by atoms with E-state index in [1.54, 1.807) is 12.1 Å². The van der Waals surface area contributed by atoms with Crippen molar-refractivity contribution < 1.29 is 13.9 Å². The number of nitriles is 1. The van der Waals surface area contributed by atoms with Gasteiger partial charge in [0, 0.05) is 19.2 Å². The molecule has 0 amide bonds. The van der Waals surface area contributed by atoms with Gasteiger partial charge in [-0.3, -0.25) is 0 Å². The van der Waals surface area contributed by atoms with E-state index in [0.29, 0.717) is 19.0 Å². The van der Waals surface area contributed by atoms with Gasteiger partial charge < -0.3 is 14.4 Å². The van der Waals surface area contributed by atoms with Crippen molar-refractivity contribution in [3.8, 4) is 11.8 Å². The second-order valence-corrected chi connectivity index (χ2v) is 4.32. The first-order valence-electron chi connectivity index (χ1n) is 5.81. The molecule has 18 heavy (non-hydrogen) atoms. The standard InChI is InChI=1S/C13H15FN2O2/c1-16-4-5-17-12(8-16)9-18-11-3-2-10(7-15)13(14)6-11/h2-3,6,12H,4-5,8-9H2,1H3. The van der Waals surface area contributed by atoms with E-state index in [1.165, 1.54) is 12.1 Å². The smallest absolute Gasteiger partial charge is 0.144 e. The normalized spacial score (nSPS) is 20.4. The summed E-state index contributed by atoms with van der Waals surface area (Å²) in [4.78, 5) is 2.16. The van der Waals surface area contributed by atoms with Crippen molar-refractivity contribution in [2.45, 2.75) is 6.10 Å². The third-order valence-corrected chi connectivity index (χ3v) is 2.84. The van der Waals surface area contributed by atoms with Crippen LogP contribution in [0.3, 0.4) is 0 Å². The van der Waals surface area contributed by atoms with Gasteiger partial charge >= 0.3 is 0 Å². The van der Waals surface area contributed by atoms with E-state index in [-0.39, 0.29) is 11.7 Å². The zero-order valence-corrected chi connectivity index (χ0v) is 10.2. The Bertz CT molecular complexity index is 459. The van der Waals surface area contributed by atoms with E-state index in [0.717, 1.165) is 13.1 Å². The largest absolute Gasteiger partial charge is 0.491 e. The van der Waals surface area contributed by atoms with Crippen LogP contribution in [0.25, 0.3) is 0 Å². The van der Waals surface area contributed by atoms with E-state index < -0.39 is 5.82 Å². The Morgan fingerprint density at radius 3 is 3.11 bits per heavy atom. The summed E-state index contributed by atoms with van der Waals surface area (Å²) in [7, 11) is 2.02. The Morgan fingerprint density at radius 1 is 1.61 bits per heavy atom. The Morgan fingerprint density at radius 2 is 2.44 bits per heavy atom. The van der Waals surface area contributed by atoms with E-state index in [1.807, 2.05) is 7.05 Å². The Labute approximate surface area is 106 Å². The van der Waals surface area contributed by atoms with E-state index in [2.05, 4.69) is 4.90 Å². The fourth-order valence-electron chi connectivity index (χ4n) is 1.83. The molecule has 2 rings (SSSR count). The van der Waals surface area contributed by atoms with Gasteiger partial charge in [0.2, 0.25) is 0 Å². The average Bonchev–Trinajstić information content (AvgIpc) is 2.37. The summed E-state index contributed by atoms with van der Waals surface area (Å²) in [5, 5.41) is 8.62. The molecule has 1 aromatic carbocycles. The quantitative estimate of drug-likeness (QED) is 0.813. The third-order valence-electron chi connectivity index (χ3n) is 2.84. The topological polar surface area (TPSA) is 45.5 Å². The molecule has 5 heteroatoms. The van der Waals surface area contributed by atoms with Crippen LogP contribution in [0.4, 0.5) is 4.39 Å². The summed E-state index contributed by atoms with van der Waals surface area (Å²) in [5.41, 5.74) is 0.0241. The maximum Gasteiger partial charge on any atom is 0.144 e. The van der Waals surface area contributed by atoms with Crippen LogP contribution in [0.5, 0.6) is 5.75 Å². The number of hydrogen-bond acceptors (Lipinski definition) is 4. The average molecular weight is 250 g/mol. The van der Waals surface area contributed by atoms with Crippen molar-refractivity contribution in [1.82, 2.24) is 4.90 Å². The van der Waals surface area contributed by atoms with Crippen LogP contribution >= 0.6 is 0 Å². The highest BCUT2D eigenvalue weighted by atomic mass is 19.1. The molecule has 1 aliphatic heterocycles. The molecular formula is C13H15FN2O2. The molecule has 0 saturated carbocycles. The van der Waals surface area contributed by atoms with Crippen molar-refractivity contribution in [3.05, 3.63) is 29.6 Å². The molecule has 1 atom stereocenters. The van der Waals surface area contributed by atoms with Crippen LogP contribution in [0, 0.1) is 17.1 Å². The van der Waals surface area contributed by atoms with Gasteiger partial charge in [-0.15, -0.1) is 0 Å². The number of ether oxygens (including phenoxy) is 2.